The quantitative estimate of drug-likeness (QED) is 0.442. The van der Waals surface area contributed by atoms with Gasteiger partial charge in [0, 0.05) is 23.3 Å². The van der Waals surface area contributed by atoms with Gasteiger partial charge in [-0.1, -0.05) is 11.6 Å². The number of hydrogen-bond acceptors (Lipinski definition) is 4. The smallest absolute Gasteiger partial charge is 0.294 e. The number of carbonyl (C=O) groups is 1. The first kappa shape index (κ1) is 20.1. The molecule has 0 bridgehead atoms. The zero-order chi connectivity index (χ0) is 21.6. The van der Waals surface area contributed by atoms with E-state index in [2.05, 4.69) is 26.1 Å². The number of ketones is 1. The Labute approximate surface area is 182 Å². The van der Waals surface area contributed by atoms with Crippen LogP contribution in [0.1, 0.15) is 27.2 Å². The number of nitriles is 1. The highest BCUT2D eigenvalue weighted by Crippen LogP contribution is 2.32. The number of rotatable bonds is 4. The van der Waals surface area contributed by atoms with Crippen LogP contribution in [0.5, 0.6) is 0 Å². The van der Waals surface area contributed by atoms with Gasteiger partial charge in [-0.2, -0.15) is 10.4 Å². The molecule has 0 unspecified atom stereocenters. The second kappa shape index (κ2) is 7.55. The number of benzene rings is 2. The van der Waals surface area contributed by atoms with Crippen molar-refractivity contribution in [3.63, 3.8) is 0 Å². The number of hydrogen-bond donors (Lipinski definition) is 1. The number of halogens is 3. The van der Waals surface area contributed by atoms with Gasteiger partial charge in [0.2, 0.25) is 0 Å². The first-order valence-electron chi connectivity index (χ1n) is 8.63. The molecule has 2 aromatic carbocycles. The van der Waals surface area contributed by atoms with Crippen molar-refractivity contribution in [2.45, 2.75) is 6.54 Å². The molecule has 2 heterocycles. The molecule has 0 saturated carbocycles. The second-order valence-corrected chi connectivity index (χ2v) is 7.81. The van der Waals surface area contributed by atoms with Crippen LogP contribution in [0.4, 0.5) is 4.39 Å². The van der Waals surface area contributed by atoms with Crippen LogP contribution in [0.3, 0.4) is 0 Å². The van der Waals surface area contributed by atoms with Crippen molar-refractivity contribution < 1.29 is 9.18 Å². The second-order valence-electron chi connectivity index (χ2n) is 6.55. The van der Waals surface area contributed by atoms with Crippen molar-refractivity contribution in [2.75, 3.05) is 0 Å². The molecule has 0 radical (unpaired) electrons. The Morgan fingerprint density at radius 3 is 2.80 bits per heavy atom. The Morgan fingerprint density at radius 1 is 1.37 bits per heavy atom. The molecule has 0 saturated heterocycles. The van der Waals surface area contributed by atoms with Crippen LogP contribution in [0.2, 0.25) is 5.02 Å². The lowest BCUT2D eigenvalue weighted by Crippen LogP contribution is -2.22. The molecule has 0 amide bonds. The normalized spacial score (nSPS) is 11.0. The first-order valence-corrected chi connectivity index (χ1v) is 9.80. The minimum Gasteiger partial charge on any atom is -0.294 e. The molecular weight excluding hydrogens is 477 g/mol. The van der Waals surface area contributed by atoms with Gasteiger partial charge in [0.1, 0.15) is 11.9 Å². The largest absolute Gasteiger partial charge is 0.329 e. The van der Waals surface area contributed by atoms with Gasteiger partial charge in [-0.05, 0) is 46.3 Å². The Balaban J connectivity index is 2.00. The third-order valence-corrected chi connectivity index (χ3v) is 5.73. The molecule has 10 heteroatoms. The summed E-state index contributed by atoms with van der Waals surface area (Å²) in [6.45, 7) is 0.205. The zero-order valence-corrected chi connectivity index (χ0v) is 17.8. The number of aromatic amines is 1. The average Bonchev–Trinajstić information content (AvgIpc) is 3.31. The molecular formula is C20H12BrClFN5O2. The maximum atomic E-state index is 13.7. The van der Waals surface area contributed by atoms with Gasteiger partial charge in [-0.15, -0.1) is 0 Å². The van der Waals surface area contributed by atoms with Crippen LogP contribution in [-0.4, -0.2) is 25.1 Å². The Bertz CT molecular complexity index is 1420. The Kier molecular flexibility index (Phi) is 5.05. The summed E-state index contributed by atoms with van der Waals surface area (Å²) < 4.78 is 16.8. The molecule has 1 N–H and O–H groups in total. The number of fused-ring (bicyclic) bond motifs is 1. The van der Waals surface area contributed by atoms with Crippen LogP contribution in [0.25, 0.3) is 11.0 Å². The summed E-state index contributed by atoms with van der Waals surface area (Å²) in [6, 6.07) is 8.78. The lowest BCUT2D eigenvalue weighted by atomic mass is 9.97. The summed E-state index contributed by atoms with van der Waals surface area (Å²) in [5, 5.41) is 16.6. The van der Waals surface area contributed by atoms with Crippen LogP contribution in [0.15, 0.2) is 45.8 Å². The highest BCUT2D eigenvalue weighted by molar-refractivity contribution is 9.10. The molecule has 0 spiro atoms. The summed E-state index contributed by atoms with van der Waals surface area (Å²) >= 11 is 9.44. The summed E-state index contributed by atoms with van der Waals surface area (Å²) in [5.41, 5.74) is 1.01. The molecule has 7 nitrogen and oxygen atoms in total. The fourth-order valence-electron chi connectivity index (χ4n) is 3.38. The van der Waals surface area contributed by atoms with E-state index in [4.69, 9.17) is 11.6 Å². The van der Waals surface area contributed by atoms with Crippen LogP contribution >= 0.6 is 27.5 Å². The van der Waals surface area contributed by atoms with E-state index in [1.54, 1.807) is 18.3 Å². The zero-order valence-electron chi connectivity index (χ0n) is 15.4. The predicted octanol–water partition coefficient (Wildman–Crippen LogP) is 3.77. The van der Waals surface area contributed by atoms with Crippen LogP contribution in [0, 0.1) is 17.1 Å². The van der Waals surface area contributed by atoms with Crippen molar-refractivity contribution in [3.8, 4) is 6.07 Å². The number of imidazole rings is 1. The summed E-state index contributed by atoms with van der Waals surface area (Å²) in [4.78, 5) is 26.0. The van der Waals surface area contributed by atoms with Gasteiger partial charge in [0.05, 0.1) is 39.4 Å². The molecule has 0 aliphatic carbocycles. The first-order chi connectivity index (χ1) is 14.3. The highest BCUT2D eigenvalue weighted by atomic mass is 79.9. The van der Waals surface area contributed by atoms with E-state index in [0.29, 0.717) is 21.2 Å². The number of carbonyl (C=O) groups excluding carboxylic acids is 1. The van der Waals surface area contributed by atoms with Gasteiger partial charge in [-0.25, -0.2) is 9.18 Å². The average molecular weight is 489 g/mol. The van der Waals surface area contributed by atoms with Crippen molar-refractivity contribution in [1.82, 2.24) is 19.3 Å². The molecule has 0 atom stereocenters. The summed E-state index contributed by atoms with van der Waals surface area (Å²) in [7, 11) is 1.52. The van der Waals surface area contributed by atoms with Crippen LogP contribution < -0.4 is 5.69 Å². The van der Waals surface area contributed by atoms with Gasteiger partial charge < -0.3 is 0 Å². The Hall–Kier alpha value is -3.22. The fourth-order valence-corrected chi connectivity index (χ4v) is 4.18. The minimum atomic E-state index is -0.628. The van der Waals surface area contributed by atoms with E-state index in [-0.39, 0.29) is 33.9 Å². The van der Waals surface area contributed by atoms with Crippen molar-refractivity contribution in [1.29, 1.82) is 5.26 Å². The number of nitrogens with zero attached hydrogens (tertiary/aromatic N) is 4. The van der Waals surface area contributed by atoms with E-state index in [1.807, 2.05) is 6.07 Å². The van der Waals surface area contributed by atoms with Crippen molar-refractivity contribution in [3.05, 3.63) is 84.7 Å². The van der Waals surface area contributed by atoms with Gasteiger partial charge in [0.25, 0.3) is 0 Å². The molecule has 0 aliphatic heterocycles. The van der Waals surface area contributed by atoms with E-state index < -0.39 is 11.6 Å². The van der Waals surface area contributed by atoms with E-state index in [9.17, 15) is 19.2 Å². The number of aryl methyl sites for hydroxylation is 1. The maximum Gasteiger partial charge on any atom is 0.329 e. The molecule has 0 fully saturated rings. The fraction of sp³-hybridized carbons (Fsp3) is 0.100. The number of H-pyrrole nitrogens is 1. The van der Waals surface area contributed by atoms with Crippen molar-refractivity contribution in [2.24, 2.45) is 7.05 Å². The standard InChI is InChI=1S/C20H12BrClFN5O2/c1-27-18-13(8-24)17(19(29)12-6-10(23)2-3-15(12)22)14(21)7-16(18)28(20(27)30)9-11-4-5-25-26-11/h2-7H,9H2,1H3,(H,25,26). The third-order valence-electron chi connectivity index (χ3n) is 4.77. The lowest BCUT2D eigenvalue weighted by molar-refractivity contribution is 0.103. The van der Waals surface area contributed by atoms with Gasteiger partial charge >= 0.3 is 5.69 Å². The molecule has 150 valence electrons. The molecule has 0 aliphatic rings. The van der Waals surface area contributed by atoms with E-state index in [1.165, 1.54) is 22.2 Å². The monoisotopic (exact) mass is 487 g/mol. The number of nitrogens with one attached hydrogen (secondary N) is 1. The topological polar surface area (TPSA) is 96.5 Å². The molecule has 30 heavy (non-hydrogen) atoms. The molecule has 4 aromatic rings. The predicted molar refractivity (Wildman–Crippen MR) is 112 cm³/mol. The number of aromatic nitrogens is 4. The third kappa shape index (κ3) is 3.14. The minimum absolute atomic E-state index is 0.00629. The lowest BCUT2D eigenvalue weighted by Gasteiger charge is -2.10. The molecule has 2 aromatic heterocycles. The SMILES string of the molecule is Cn1c(=O)n(Cc2ccn[nH]2)c2cc(Br)c(C(=O)c3cc(F)ccc3Cl)c(C#N)c21. The maximum absolute atomic E-state index is 13.7. The van der Waals surface area contributed by atoms with E-state index >= 15 is 0 Å². The Morgan fingerprint density at radius 2 is 2.13 bits per heavy atom. The van der Waals surface area contributed by atoms with Crippen molar-refractivity contribution >= 4 is 44.3 Å². The highest BCUT2D eigenvalue weighted by Gasteiger charge is 2.26. The van der Waals surface area contributed by atoms with Gasteiger partial charge in [-0.3, -0.25) is 19.0 Å². The molecule has 4 rings (SSSR count). The summed E-state index contributed by atoms with van der Waals surface area (Å²) in [6.07, 6.45) is 1.57. The summed E-state index contributed by atoms with van der Waals surface area (Å²) in [5.74, 6) is -1.25. The van der Waals surface area contributed by atoms with Crippen LogP contribution in [-0.2, 0) is 13.6 Å². The van der Waals surface area contributed by atoms with Gasteiger partial charge in [0.15, 0.2) is 5.78 Å². The van der Waals surface area contributed by atoms with E-state index in [0.717, 1.165) is 12.1 Å².